The van der Waals surface area contributed by atoms with Gasteiger partial charge in [-0.05, 0) is 73.7 Å². The summed E-state index contributed by atoms with van der Waals surface area (Å²) in [5, 5.41) is 13.7. The van der Waals surface area contributed by atoms with Gasteiger partial charge in [-0.1, -0.05) is 29.8 Å². The number of carbonyl (C=O) groups is 2. The molecule has 1 N–H and O–H groups in total. The minimum absolute atomic E-state index is 0.00984. The average molecular weight is 482 g/mol. The lowest BCUT2D eigenvalue weighted by Gasteiger charge is -2.25. The number of rotatable bonds is 6. The second-order valence-electron chi connectivity index (χ2n) is 8.20. The van der Waals surface area contributed by atoms with Gasteiger partial charge in [-0.15, -0.1) is 11.3 Å². The third-order valence-corrected chi connectivity index (χ3v) is 6.56. The number of Topliss-reactive ketones (excluding diaryl/α,β-unsaturated/α-hetero) is 1. The Balaban J connectivity index is 1.82. The van der Waals surface area contributed by atoms with Crippen molar-refractivity contribution in [3.8, 4) is 5.75 Å². The highest BCUT2D eigenvalue weighted by Crippen LogP contribution is 2.41. The first kappa shape index (κ1) is 23.1. The van der Waals surface area contributed by atoms with Gasteiger partial charge in [-0.25, -0.2) is 0 Å². The second-order valence-corrected chi connectivity index (χ2v) is 9.67. The quantitative estimate of drug-likeness (QED) is 0.261. The van der Waals surface area contributed by atoms with Crippen LogP contribution in [0.3, 0.4) is 0 Å². The van der Waals surface area contributed by atoms with E-state index in [0.29, 0.717) is 21.9 Å². The van der Waals surface area contributed by atoms with Crippen LogP contribution in [0.1, 0.15) is 41.5 Å². The van der Waals surface area contributed by atoms with Crippen LogP contribution in [-0.4, -0.2) is 27.8 Å². The number of nitrogens with zero attached hydrogens (tertiary/aromatic N) is 1. The standard InChI is InChI=1S/C26H24ClNO4S/c1-15(2)32-21-11-8-18(13-16(21)3)24(29)22-23(17-6-9-19(27)10-7-17)28(26(31)25(22)30)14-20-5-4-12-33-20/h4-13,15,23,29H,14H2,1-3H3/b24-22-. The molecule has 0 radical (unpaired) electrons. The highest BCUT2D eigenvalue weighted by molar-refractivity contribution is 7.09. The lowest BCUT2D eigenvalue weighted by molar-refractivity contribution is -0.140. The largest absolute Gasteiger partial charge is 0.507 e. The molecule has 33 heavy (non-hydrogen) atoms. The fraction of sp³-hybridized carbons (Fsp3) is 0.231. The van der Waals surface area contributed by atoms with Crippen molar-refractivity contribution in [1.29, 1.82) is 0 Å². The molecular formula is C26H24ClNO4S. The summed E-state index contributed by atoms with van der Waals surface area (Å²) in [4.78, 5) is 28.7. The summed E-state index contributed by atoms with van der Waals surface area (Å²) in [6.07, 6.45) is 0.00984. The summed E-state index contributed by atoms with van der Waals surface area (Å²) in [5.74, 6) is -0.847. The van der Waals surface area contributed by atoms with E-state index in [9.17, 15) is 14.7 Å². The second kappa shape index (κ2) is 9.41. The van der Waals surface area contributed by atoms with Crippen molar-refractivity contribution in [1.82, 2.24) is 4.90 Å². The number of amides is 1. The zero-order valence-electron chi connectivity index (χ0n) is 18.5. The van der Waals surface area contributed by atoms with Crippen LogP contribution >= 0.6 is 22.9 Å². The number of hydrogen-bond donors (Lipinski definition) is 1. The maximum atomic E-state index is 13.2. The molecule has 1 aromatic heterocycles. The zero-order chi connectivity index (χ0) is 23.7. The van der Waals surface area contributed by atoms with Crippen LogP contribution in [-0.2, 0) is 16.1 Å². The normalized spacial score (nSPS) is 17.7. The topological polar surface area (TPSA) is 66.8 Å². The molecule has 1 amide bonds. The average Bonchev–Trinajstić information content (AvgIpc) is 3.37. The SMILES string of the molecule is Cc1cc(/C(O)=C2/C(=O)C(=O)N(Cc3cccs3)C2c2ccc(Cl)cc2)ccc1OC(C)C. The molecule has 2 aromatic carbocycles. The van der Waals surface area contributed by atoms with Gasteiger partial charge in [-0.2, -0.15) is 0 Å². The Morgan fingerprint density at radius 3 is 2.48 bits per heavy atom. The van der Waals surface area contributed by atoms with E-state index in [2.05, 4.69) is 0 Å². The van der Waals surface area contributed by atoms with Crippen LogP contribution in [0.2, 0.25) is 5.02 Å². The number of carbonyl (C=O) groups excluding carboxylic acids is 2. The van der Waals surface area contributed by atoms with Gasteiger partial charge in [0.05, 0.1) is 24.3 Å². The number of benzene rings is 2. The predicted octanol–water partition coefficient (Wildman–Crippen LogP) is 6.12. The number of hydrogen-bond acceptors (Lipinski definition) is 5. The molecule has 5 nitrogen and oxygen atoms in total. The summed E-state index contributed by atoms with van der Waals surface area (Å²) in [7, 11) is 0. The Hall–Kier alpha value is -3.09. The minimum atomic E-state index is -0.726. The van der Waals surface area contributed by atoms with Crippen LogP contribution < -0.4 is 4.74 Å². The molecule has 1 aliphatic rings. The molecule has 0 saturated carbocycles. The first-order valence-corrected chi connectivity index (χ1v) is 11.9. The van der Waals surface area contributed by atoms with E-state index >= 15 is 0 Å². The van der Waals surface area contributed by atoms with Gasteiger partial charge in [0, 0.05) is 15.5 Å². The number of ether oxygens (including phenoxy) is 1. The Labute approximate surface area is 201 Å². The molecule has 3 aromatic rings. The third-order valence-electron chi connectivity index (χ3n) is 5.44. The molecule has 0 bridgehead atoms. The summed E-state index contributed by atoms with van der Waals surface area (Å²) in [5.41, 5.74) is 2.05. The van der Waals surface area contributed by atoms with E-state index in [-0.39, 0.29) is 24.0 Å². The third kappa shape index (κ3) is 4.68. The van der Waals surface area contributed by atoms with Crippen LogP contribution in [0, 0.1) is 6.92 Å². The van der Waals surface area contributed by atoms with Gasteiger partial charge in [0.2, 0.25) is 0 Å². The molecular weight excluding hydrogens is 458 g/mol. The van der Waals surface area contributed by atoms with E-state index < -0.39 is 17.7 Å². The number of aliphatic hydroxyl groups excluding tert-OH is 1. The van der Waals surface area contributed by atoms with E-state index in [1.54, 1.807) is 42.5 Å². The van der Waals surface area contributed by atoms with Crippen molar-refractivity contribution in [3.05, 3.63) is 92.1 Å². The zero-order valence-corrected chi connectivity index (χ0v) is 20.1. The first-order valence-electron chi connectivity index (χ1n) is 10.6. The predicted molar refractivity (Wildman–Crippen MR) is 131 cm³/mol. The van der Waals surface area contributed by atoms with Crippen molar-refractivity contribution in [3.63, 3.8) is 0 Å². The smallest absolute Gasteiger partial charge is 0.295 e. The number of thiophene rings is 1. The van der Waals surface area contributed by atoms with Gasteiger partial charge >= 0.3 is 0 Å². The van der Waals surface area contributed by atoms with E-state index in [1.165, 1.54) is 16.2 Å². The number of halogens is 1. The Morgan fingerprint density at radius 2 is 1.88 bits per heavy atom. The fourth-order valence-electron chi connectivity index (χ4n) is 3.94. The van der Waals surface area contributed by atoms with E-state index in [1.807, 2.05) is 38.3 Å². The molecule has 2 heterocycles. The van der Waals surface area contributed by atoms with Crippen LogP contribution in [0.15, 0.2) is 65.6 Å². The van der Waals surface area contributed by atoms with E-state index in [4.69, 9.17) is 16.3 Å². The summed E-state index contributed by atoms with van der Waals surface area (Å²) < 4.78 is 5.78. The maximum Gasteiger partial charge on any atom is 0.295 e. The Morgan fingerprint density at radius 1 is 1.15 bits per heavy atom. The molecule has 170 valence electrons. The molecule has 0 aliphatic carbocycles. The van der Waals surface area contributed by atoms with Gasteiger partial charge in [-0.3, -0.25) is 9.59 Å². The van der Waals surface area contributed by atoms with Crippen molar-refractivity contribution >= 4 is 40.4 Å². The highest BCUT2D eigenvalue weighted by Gasteiger charge is 2.46. The van der Waals surface area contributed by atoms with Gasteiger partial charge in [0.25, 0.3) is 11.7 Å². The van der Waals surface area contributed by atoms with Crippen LogP contribution in [0.4, 0.5) is 0 Å². The minimum Gasteiger partial charge on any atom is -0.507 e. The molecule has 1 aliphatic heterocycles. The van der Waals surface area contributed by atoms with Crippen molar-refractivity contribution < 1.29 is 19.4 Å². The van der Waals surface area contributed by atoms with Crippen molar-refractivity contribution in [2.45, 2.75) is 39.5 Å². The maximum absolute atomic E-state index is 13.2. The van der Waals surface area contributed by atoms with Crippen LogP contribution in [0.25, 0.3) is 5.76 Å². The van der Waals surface area contributed by atoms with Gasteiger partial charge in [0.15, 0.2) is 0 Å². The summed E-state index contributed by atoms with van der Waals surface area (Å²) >= 11 is 7.58. The van der Waals surface area contributed by atoms with Gasteiger partial charge < -0.3 is 14.7 Å². The Kier molecular flexibility index (Phi) is 6.58. The molecule has 4 rings (SSSR count). The molecule has 0 spiro atoms. The number of ketones is 1. The van der Waals surface area contributed by atoms with Crippen molar-refractivity contribution in [2.24, 2.45) is 0 Å². The lowest BCUT2D eigenvalue weighted by atomic mass is 9.95. The molecule has 1 atom stereocenters. The molecule has 1 fully saturated rings. The summed E-state index contributed by atoms with van der Waals surface area (Å²) in [6, 6.07) is 15.3. The van der Waals surface area contributed by atoms with Crippen molar-refractivity contribution in [2.75, 3.05) is 0 Å². The Bertz CT molecular complexity index is 1220. The fourth-order valence-corrected chi connectivity index (χ4v) is 4.77. The first-order chi connectivity index (χ1) is 15.8. The number of aliphatic hydroxyl groups is 1. The van der Waals surface area contributed by atoms with E-state index in [0.717, 1.165) is 10.4 Å². The monoisotopic (exact) mass is 481 g/mol. The summed E-state index contributed by atoms with van der Waals surface area (Å²) in [6.45, 7) is 6.02. The van der Waals surface area contributed by atoms with Gasteiger partial charge in [0.1, 0.15) is 11.5 Å². The molecule has 7 heteroatoms. The highest BCUT2D eigenvalue weighted by atomic mass is 35.5. The molecule has 1 saturated heterocycles. The van der Waals surface area contributed by atoms with Crippen LogP contribution in [0.5, 0.6) is 5.75 Å². The lowest BCUT2D eigenvalue weighted by Crippen LogP contribution is -2.28. The number of aryl methyl sites for hydroxylation is 1. The number of likely N-dealkylation sites (tertiary alicyclic amines) is 1. The molecule has 1 unspecified atom stereocenters.